The Morgan fingerprint density at radius 2 is 1.97 bits per heavy atom. The first-order valence-electron chi connectivity index (χ1n) is 10.6. The second-order valence-corrected chi connectivity index (χ2v) is 9.07. The van der Waals surface area contributed by atoms with Crippen LogP contribution in [-0.4, -0.2) is 64.4 Å². The summed E-state index contributed by atoms with van der Waals surface area (Å²) in [6.45, 7) is 0.346. The van der Waals surface area contributed by atoms with Gasteiger partial charge in [-0.3, -0.25) is 24.2 Å². The van der Waals surface area contributed by atoms with E-state index in [0.717, 1.165) is 11.8 Å². The molecule has 2 aliphatic rings. The van der Waals surface area contributed by atoms with E-state index in [4.69, 9.17) is 5.73 Å². The summed E-state index contributed by atoms with van der Waals surface area (Å²) in [5.74, 6) is -6.41. The Kier molecular flexibility index (Phi) is 6.76. The second-order valence-electron chi connectivity index (χ2n) is 8.04. The molecule has 1 aromatic carbocycles. The third kappa shape index (κ3) is 5.12. The third-order valence-electron chi connectivity index (χ3n) is 5.75. The summed E-state index contributed by atoms with van der Waals surface area (Å²) in [4.78, 5) is 52.9. The quantitative estimate of drug-likeness (QED) is 0.530. The van der Waals surface area contributed by atoms with Gasteiger partial charge in [0.25, 0.3) is 17.7 Å². The van der Waals surface area contributed by atoms with Crippen molar-refractivity contribution in [2.75, 3.05) is 19.6 Å². The summed E-state index contributed by atoms with van der Waals surface area (Å²) >= 11 is 0.615. The van der Waals surface area contributed by atoms with Gasteiger partial charge in [-0.1, -0.05) is 24.3 Å². The number of thiazole rings is 1. The number of carbonyl (C=O) groups is 4. The minimum atomic E-state index is -5.00. The molecule has 2 atom stereocenters. The van der Waals surface area contributed by atoms with Crippen molar-refractivity contribution in [3.05, 3.63) is 51.5 Å². The molecule has 186 valence electrons. The van der Waals surface area contributed by atoms with Gasteiger partial charge in [0, 0.05) is 26.2 Å². The van der Waals surface area contributed by atoms with E-state index in [9.17, 15) is 32.3 Å². The Bertz CT molecular complexity index is 1170. The van der Waals surface area contributed by atoms with Gasteiger partial charge < -0.3 is 16.4 Å². The van der Waals surface area contributed by atoms with Crippen molar-refractivity contribution in [1.29, 1.82) is 0 Å². The van der Waals surface area contributed by atoms with Gasteiger partial charge in [-0.15, -0.1) is 11.3 Å². The van der Waals surface area contributed by atoms with Crippen molar-refractivity contribution in [1.82, 2.24) is 25.6 Å². The van der Waals surface area contributed by atoms with Crippen molar-refractivity contribution in [2.24, 2.45) is 11.7 Å². The van der Waals surface area contributed by atoms with Crippen LogP contribution >= 0.6 is 11.3 Å². The number of nitrogens with one attached hydrogen (secondary N) is 2. The molecule has 10 nitrogen and oxygen atoms in total. The summed E-state index contributed by atoms with van der Waals surface area (Å²) in [6, 6.07) is 5.47. The van der Waals surface area contributed by atoms with Crippen molar-refractivity contribution in [3.63, 3.8) is 0 Å². The predicted octanol–water partition coefficient (Wildman–Crippen LogP) is 0.971. The van der Waals surface area contributed by atoms with Crippen molar-refractivity contribution >= 4 is 35.0 Å². The zero-order chi connectivity index (χ0) is 25.3. The number of halogens is 3. The molecule has 1 saturated heterocycles. The fourth-order valence-corrected chi connectivity index (χ4v) is 4.72. The minimum Gasteiger partial charge on any atom is -0.364 e. The SMILES string of the molecule is NC(=O)c1ncc(C(=O)NC[C@H](C(=O)N[C@@H]2C(=O)N3CCCN3Cc3ccccc32)C(F)(F)F)s1. The highest BCUT2D eigenvalue weighted by Crippen LogP contribution is 2.32. The number of nitrogens with zero attached hydrogens (tertiary/aromatic N) is 3. The highest BCUT2D eigenvalue weighted by Gasteiger charge is 2.47. The van der Waals surface area contributed by atoms with Gasteiger partial charge in [-0.2, -0.15) is 13.2 Å². The maximum Gasteiger partial charge on any atom is 0.402 e. The van der Waals surface area contributed by atoms with Gasteiger partial charge in [-0.05, 0) is 17.5 Å². The molecule has 4 amide bonds. The highest BCUT2D eigenvalue weighted by molar-refractivity contribution is 7.15. The van der Waals surface area contributed by atoms with E-state index >= 15 is 0 Å². The first-order chi connectivity index (χ1) is 16.6. The summed E-state index contributed by atoms with van der Waals surface area (Å²) in [7, 11) is 0. The number of hydrogen-bond donors (Lipinski definition) is 3. The van der Waals surface area contributed by atoms with Crippen LogP contribution in [0.3, 0.4) is 0 Å². The maximum absolute atomic E-state index is 13.8. The topological polar surface area (TPSA) is 138 Å². The van der Waals surface area contributed by atoms with Gasteiger partial charge >= 0.3 is 6.18 Å². The van der Waals surface area contributed by atoms with Gasteiger partial charge in [0.2, 0.25) is 5.91 Å². The molecule has 0 unspecified atom stereocenters. The maximum atomic E-state index is 13.8. The molecule has 0 aliphatic carbocycles. The molecule has 0 spiro atoms. The molecule has 0 bridgehead atoms. The van der Waals surface area contributed by atoms with Crippen LogP contribution in [0.25, 0.3) is 0 Å². The predicted molar refractivity (Wildman–Crippen MR) is 117 cm³/mol. The largest absolute Gasteiger partial charge is 0.402 e. The molecule has 1 aromatic heterocycles. The van der Waals surface area contributed by atoms with E-state index in [1.54, 1.807) is 24.3 Å². The first kappa shape index (κ1) is 24.6. The van der Waals surface area contributed by atoms with Crippen LogP contribution in [0.15, 0.2) is 30.5 Å². The summed E-state index contributed by atoms with van der Waals surface area (Å²) in [6.07, 6.45) is -3.29. The third-order valence-corrected chi connectivity index (χ3v) is 6.76. The summed E-state index contributed by atoms with van der Waals surface area (Å²) in [5, 5.41) is 7.40. The van der Waals surface area contributed by atoms with Crippen LogP contribution in [0.4, 0.5) is 13.2 Å². The zero-order valence-electron chi connectivity index (χ0n) is 18.2. The van der Waals surface area contributed by atoms with E-state index in [2.05, 4.69) is 15.6 Å². The number of amides is 4. The van der Waals surface area contributed by atoms with Gasteiger partial charge in [0.15, 0.2) is 10.9 Å². The first-order valence-corrected chi connectivity index (χ1v) is 11.4. The normalized spacial score (nSPS) is 18.9. The molecule has 0 radical (unpaired) electrons. The number of hydrazine groups is 1. The molecule has 14 heteroatoms. The van der Waals surface area contributed by atoms with Crippen LogP contribution in [0.1, 0.15) is 43.1 Å². The molecule has 2 aliphatic heterocycles. The van der Waals surface area contributed by atoms with Crippen LogP contribution < -0.4 is 16.4 Å². The molecular formula is C21H21F3N6O4S. The van der Waals surface area contributed by atoms with E-state index in [1.165, 1.54) is 5.01 Å². The molecule has 4 rings (SSSR count). The van der Waals surface area contributed by atoms with Gasteiger partial charge in [0.05, 0.1) is 6.20 Å². The Hall–Kier alpha value is -3.52. The molecule has 1 fully saturated rings. The van der Waals surface area contributed by atoms with E-state index < -0.39 is 48.3 Å². The lowest BCUT2D eigenvalue weighted by molar-refractivity contribution is -0.182. The Morgan fingerprint density at radius 3 is 2.66 bits per heavy atom. The lowest BCUT2D eigenvalue weighted by Crippen LogP contribution is -2.50. The van der Waals surface area contributed by atoms with Gasteiger partial charge in [-0.25, -0.2) is 9.99 Å². The van der Waals surface area contributed by atoms with Crippen molar-refractivity contribution in [3.8, 4) is 0 Å². The molecule has 35 heavy (non-hydrogen) atoms. The molecule has 0 saturated carbocycles. The summed E-state index contributed by atoms with van der Waals surface area (Å²) in [5.41, 5.74) is 6.22. The van der Waals surface area contributed by atoms with Gasteiger partial charge in [0.1, 0.15) is 10.9 Å². The average molecular weight is 510 g/mol. The van der Waals surface area contributed by atoms with E-state index in [1.807, 2.05) is 5.01 Å². The number of benzene rings is 1. The minimum absolute atomic E-state index is 0.137. The number of alkyl halides is 3. The van der Waals surface area contributed by atoms with E-state index in [0.29, 0.717) is 43.0 Å². The number of aromatic nitrogens is 1. The lowest BCUT2D eigenvalue weighted by atomic mass is 9.98. The standard InChI is InChI=1S/C21H21F3N6O4S/c22-21(23,24)13(8-26-18(33)14-9-27-19(35-14)16(25)31)17(32)28-15-12-5-2-1-4-11(12)10-29-6-3-7-30(29)20(15)34/h1-2,4-5,9,13,15H,3,6-8,10H2,(H2,25,31)(H,26,33)(H,28,32)/t13-,15+/m1/s1. The smallest absolute Gasteiger partial charge is 0.364 e. The lowest BCUT2D eigenvalue weighted by Gasteiger charge is -2.28. The fourth-order valence-electron chi connectivity index (χ4n) is 4.03. The molecule has 4 N–H and O–H groups in total. The number of hydrogen-bond acceptors (Lipinski definition) is 7. The van der Waals surface area contributed by atoms with Crippen LogP contribution in [-0.2, 0) is 16.1 Å². The zero-order valence-corrected chi connectivity index (χ0v) is 19.0. The Balaban J connectivity index is 1.52. The number of nitrogens with two attached hydrogens (primary N) is 1. The van der Waals surface area contributed by atoms with Crippen molar-refractivity contribution < 1.29 is 32.3 Å². The monoisotopic (exact) mass is 510 g/mol. The number of carbonyl (C=O) groups excluding carboxylic acids is 4. The molecule has 2 aromatic rings. The highest BCUT2D eigenvalue weighted by atomic mass is 32.1. The second kappa shape index (κ2) is 9.62. The van der Waals surface area contributed by atoms with E-state index in [-0.39, 0.29) is 9.88 Å². The van der Waals surface area contributed by atoms with Crippen molar-refractivity contribution in [2.45, 2.75) is 25.2 Å². The number of rotatable bonds is 6. The Morgan fingerprint density at radius 1 is 1.23 bits per heavy atom. The Labute approximate surface area is 201 Å². The molecule has 3 heterocycles. The number of primary amides is 1. The summed E-state index contributed by atoms with van der Waals surface area (Å²) < 4.78 is 41.4. The average Bonchev–Trinajstić information content (AvgIpc) is 3.45. The van der Waals surface area contributed by atoms with Crippen LogP contribution in [0, 0.1) is 5.92 Å². The molecular weight excluding hydrogens is 489 g/mol. The number of fused-ring (bicyclic) bond motifs is 2. The van der Waals surface area contributed by atoms with Crippen LogP contribution in [0.5, 0.6) is 0 Å². The fraction of sp³-hybridized carbons (Fsp3) is 0.381. The van der Waals surface area contributed by atoms with Crippen LogP contribution in [0.2, 0.25) is 0 Å².